The Kier molecular flexibility index (Phi) is 5.20. The molecule has 0 spiro atoms. The second-order valence-electron chi connectivity index (χ2n) is 5.95. The standard InChI is InChI=1S/C20H17N5O2S/c1-27-17-8-3-2-7-16(17)24-19(26)14-6-4-5-13(9-14)11-28-20-15-10-23-25-18(15)21-12-22-20/h2-10,12H,11H2,1H3,(H,24,26)(H,21,22,23,25). The average molecular weight is 391 g/mol. The molecular weight excluding hydrogens is 374 g/mol. The molecule has 1 amide bonds. The smallest absolute Gasteiger partial charge is 0.255 e. The first-order valence-corrected chi connectivity index (χ1v) is 9.53. The third-order valence-corrected chi connectivity index (χ3v) is 5.21. The van der Waals surface area contributed by atoms with E-state index in [2.05, 4.69) is 25.5 Å². The molecule has 2 aromatic heterocycles. The number of H-pyrrole nitrogens is 1. The molecule has 0 bridgehead atoms. The van der Waals surface area contributed by atoms with E-state index in [1.807, 2.05) is 36.4 Å². The molecule has 28 heavy (non-hydrogen) atoms. The molecule has 0 aliphatic rings. The third-order valence-electron chi connectivity index (χ3n) is 4.13. The summed E-state index contributed by atoms with van der Waals surface area (Å²) in [6.45, 7) is 0. The topological polar surface area (TPSA) is 92.8 Å². The van der Waals surface area contributed by atoms with Gasteiger partial charge in [-0.15, -0.1) is 11.8 Å². The molecular formula is C20H17N5O2S. The van der Waals surface area contributed by atoms with E-state index in [4.69, 9.17) is 4.74 Å². The van der Waals surface area contributed by atoms with Crippen molar-refractivity contribution < 1.29 is 9.53 Å². The van der Waals surface area contributed by atoms with E-state index < -0.39 is 0 Å². The fraction of sp³-hybridized carbons (Fsp3) is 0.100. The number of para-hydroxylation sites is 2. The van der Waals surface area contributed by atoms with E-state index in [1.165, 1.54) is 6.33 Å². The predicted molar refractivity (Wildman–Crippen MR) is 109 cm³/mol. The first-order chi connectivity index (χ1) is 13.7. The van der Waals surface area contributed by atoms with Crippen molar-refractivity contribution in [2.24, 2.45) is 0 Å². The number of anilines is 1. The van der Waals surface area contributed by atoms with Crippen LogP contribution in [0.4, 0.5) is 5.69 Å². The van der Waals surface area contributed by atoms with Crippen LogP contribution >= 0.6 is 11.8 Å². The summed E-state index contributed by atoms with van der Waals surface area (Å²) < 4.78 is 5.28. The molecule has 8 heteroatoms. The van der Waals surface area contributed by atoms with E-state index in [9.17, 15) is 4.79 Å². The molecule has 0 atom stereocenters. The van der Waals surface area contributed by atoms with Crippen molar-refractivity contribution in [3.05, 3.63) is 72.2 Å². The van der Waals surface area contributed by atoms with Gasteiger partial charge in [0, 0.05) is 11.3 Å². The second kappa shape index (κ2) is 8.10. The van der Waals surface area contributed by atoms with Crippen molar-refractivity contribution in [3.63, 3.8) is 0 Å². The summed E-state index contributed by atoms with van der Waals surface area (Å²) in [7, 11) is 1.58. The Morgan fingerprint density at radius 2 is 2.07 bits per heavy atom. The number of methoxy groups -OCH3 is 1. The van der Waals surface area contributed by atoms with Gasteiger partial charge in [0.2, 0.25) is 0 Å². The minimum absolute atomic E-state index is 0.185. The van der Waals surface area contributed by atoms with Gasteiger partial charge < -0.3 is 10.1 Å². The number of nitrogens with one attached hydrogen (secondary N) is 2. The number of hydrogen-bond acceptors (Lipinski definition) is 6. The quantitative estimate of drug-likeness (QED) is 0.382. The Morgan fingerprint density at radius 1 is 1.18 bits per heavy atom. The Hall–Kier alpha value is -3.39. The van der Waals surface area contributed by atoms with E-state index in [0.29, 0.717) is 28.4 Å². The molecule has 2 heterocycles. The normalized spacial score (nSPS) is 10.8. The van der Waals surface area contributed by atoms with Crippen molar-refractivity contribution in [1.82, 2.24) is 20.2 Å². The number of thioether (sulfide) groups is 1. The number of hydrogen-bond donors (Lipinski definition) is 2. The molecule has 0 unspecified atom stereocenters. The first-order valence-electron chi connectivity index (χ1n) is 8.55. The van der Waals surface area contributed by atoms with Gasteiger partial charge in [0.05, 0.1) is 24.4 Å². The van der Waals surface area contributed by atoms with Crippen molar-refractivity contribution in [3.8, 4) is 5.75 Å². The molecule has 2 N–H and O–H groups in total. The van der Waals surface area contributed by atoms with Crippen LogP contribution in [0.5, 0.6) is 5.75 Å². The fourth-order valence-electron chi connectivity index (χ4n) is 2.75. The zero-order valence-corrected chi connectivity index (χ0v) is 15.9. The molecule has 0 saturated heterocycles. The Balaban J connectivity index is 1.48. The van der Waals surface area contributed by atoms with Crippen molar-refractivity contribution >= 4 is 34.4 Å². The summed E-state index contributed by atoms with van der Waals surface area (Å²) in [6.07, 6.45) is 3.23. The van der Waals surface area contributed by atoms with Gasteiger partial charge in [-0.25, -0.2) is 9.97 Å². The number of amides is 1. The first kappa shape index (κ1) is 18.0. The van der Waals surface area contributed by atoms with Crippen LogP contribution in [0.2, 0.25) is 0 Å². The highest BCUT2D eigenvalue weighted by atomic mass is 32.2. The van der Waals surface area contributed by atoms with Crippen LogP contribution in [-0.4, -0.2) is 33.2 Å². The van der Waals surface area contributed by atoms with E-state index in [1.54, 1.807) is 37.2 Å². The summed E-state index contributed by atoms with van der Waals surface area (Å²) in [5.41, 5.74) is 2.95. The minimum Gasteiger partial charge on any atom is -0.495 e. The zero-order chi connectivity index (χ0) is 19.3. The number of nitrogens with zero attached hydrogens (tertiary/aromatic N) is 3. The van der Waals surface area contributed by atoms with Crippen LogP contribution in [-0.2, 0) is 5.75 Å². The number of aromatic amines is 1. The highest BCUT2D eigenvalue weighted by Crippen LogP contribution is 2.27. The molecule has 4 aromatic rings. The number of carbonyl (C=O) groups is 1. The van der Waals surface area contributed by atoms with E-state index in [0.717, 1.165) is 16.0 Å². The van der Waals surface area contributed by atoms with E-state index >= 15 is 0 Å². The Bertz CT molecular complexity index is 1130. The van der Waals surface area contributed by atoms with Gasteiger partial charge >= 0.3 is 0 Å². The highest BCUT2D eigenvalue weighted by molar-refractivity contribution is 7.98. The SMILES string of the molecule is COc1ccccc1NC(=O)c1cccc(CSc2ncnc3[nH]ncc23)c1. The van der Waals surface area contributed by atoms with Crippen LogP contribution in [0.15, 0.2) is 66.1 Å². The molecule has 0 radical (unpaired) electrons. The van der Waals surface area contributed by atoms with Crippen LogP contribution in [0.25, 0.3) is 11.0 Å². The number of aromatic nitrogens is 4. The molecule has 2 aromatic carbocycles. The molecule has 0 aliphatic heterocycles. The number of ether oxygens (including phenoxy) is 1. The van der Waals surface area contributed by atoms with Gasteiger partial charge in [-0.1, -0.05) is 24.3 Å². The lowest BCUT2D eigenvalue weighted by atomic mass is 10.1. The molecule has 140 valence electrons. The monoisotopic (exact) mass is 391 g/mol. The van der Waals surface area contributed by atoms with Gasteiger partial charge in [0.1, 0.15) is 17.1 Å². The summed E-state index contributed by atoms with van der Waals surface area (Å²) in [6, 6.07) is 14.9. The largest absolute Gasteiger partial charge is 0.495 e. The lowest BCUT2D eigenvalue weighted by molar-refractivity contribution is 0.102. The summed E-state index contributed by atoms with van der Waals surface area (Å²) in [5, 5.41) is 11.5. The maximum atomic E-state index is 12.6. The van der Waals surface area contributed by atoms with Crippen LogP contribution in [0.3, 0.4) is 0 Å². The molecule has 0 saturated carbocycles. The predicted octanol–water partition coefficient (Wildman–Crippen LogP) is 3.91. The Labute approximate surface area is 165 Å². The number of fused-ring (bicyclic) bond motifs is 1. The minimum atomic E-state index is -0.185. The number of rotatable bonds is 6. The molecule has 4 rings (SSSR count). The highest BCUT2D eigenvalue weighted by Gasteiger charge is 2.11. The number of carbonyl (C=O) groups excluding carboxylic acids is 1. The zero-order valence-electron chi connectivity index (χ0n) is 15.0. The molecule has 7 nitrogen and oxygen atoms in total. The lowest BCUT2D eigenvalue weighted by Gasteiger charge is -2.10. The van der Waals surface area contributed by atoms with Crippen molar-refractivity contribution in [2.75, 3.05) is 12.4 Å². The maximum absolute atomic E-state index is 12.6. The third kappa shape index (κ3) is 3.81. The van der Waals surface area contributed by atoms with Crippen LogP contribution in [0.1, 0.15) is 15.9 Å². The maximum Gasteiger partial charge on any atom is 0.255 e. The van der Waals surface area contributed by atoms with Gasteiger partial charge in [0.15, 0.2) is 5.65 Å². The molecule has 0 aliphatic carbocycles. The average Bonchev–Trinajstić information content (AvgIpc) is 3.22. The van der Waals surface area contributed by atoms with Crippen molar-refractivity contribution in [2.45, 2.75) is 10.8 Å². The Morgan fingerprint density at radius 3 is 2.96 bits per heavy atom. The number of benzene rings is 2. The second-order valence-corrected chi connectivity index (χ2v) is 6.92. The van der Waals surface area contributed by atoms with Gasteiger partial charge in [-0.05, 0) is 29.8 Å². The lowest BCUT2D eigenvalue weighted by Crippen LogP contribution is -2.12. The molecule has 0 fully saturated rings. The van der Waals surface area contributed by atoms with Crippen molar-refractivity contribution in [1.29, 1.82) is 0 Å². The van der Waals surface area contributed by atoms with Gasteiger partial charge in [-0.2, -0.15) is 5.10 Å². The fourth-order valence-corrected chi connectivity index (χ4v) is 3.66. The van der Waals surface area contributed by atoms with Gasteiger partial charge in [0.25, 0.3) is 5.91 Å². The summed E-state index contributed by atoms with van der Waals surface area (Å²) in [4.78, 5) is 21.1. The summed E-state index contributed by atoms with van der Waals surface area (Å²) in [5.74, 6) is 1.11. The van der Waals surface area contributed by atoms with Crippen LogP contribution < -0.4 is 10.1 Å². The summed E-state index contributed by atoms with van der Waals surface area (Å²) >= 11 is 1.58. The van der Waals surface area contributed by atoms with E-state index in [-0.39, 0.29) is 5.91 Å². The van der Waals surface area contributed by atoms with Gasteiger partial charge in [-0.3, -0.25) is 9.89 Å². The van der Waals surface area contributed by atoms with Crippen LogP contribution in [0, 0.1) is 0 Å².